The highest BCUT2D eigenvalue weighted by Crippen LogP contribution is 1.95. The molecule has 1 heterocycles. The molecule has 0 bridgehead atoms. The first kappa shape index (κ1) is 13.2. The lowest BCUT2D eigenvalue weighted by Gasteiger charge is -2.05. The van der Waals surface area contributed by atoms with Gasteiger partial charge in [-0.25, -0.2) is 18.7 Å². The lowest BCUT2D eigenvalue weighted by atomic mass is 10.4. The number of alkyl halides is 2. The molecule has 0 fully saturated rings. The predicted molar refractivity (Wildman–Crippen MR) is 55.6 cm³/mol. The minimum absolute atomic E-state index is 0.0124. The number of carbonyl (C=O) groups excluding carboxylic acids is 1. The normalized spacial score (nSPS) is 10.5. The first-order valence-electron chi connectivity index (χ1n) is 4.81. The maximum atomic E-state index is 11.7. The van der Waals surface area contributed by atoms with Crippen molar-refractivity contribution in [2.75, 3.05) is 25.5 Å². The third-order valence-electron chi connectivity index (χ3n) is 1.68. The summed E-state index contributed by atoms with van der Waals surface area (Å²) in [6.07, 6.45) is -0.0268. The van der Waals surface area contributed by atoms with Crippen LogP contribution in [0.2, 0.25) is 0 Å². The van der Waals surface area contributed by atoms with E-state index >= 15 is 0 Å². The highest BCUT2D eigenvalue weighted by Gasteiger charge is 2.07. The summed E-state index contributed by atoms with van der Waals surface area (Å²) < 4.78 is 27.9. The lowest BCUT2D eigenvalue weighted by Crippen LogP contribution is -2.28. The monoisotopic (exact) mass is 246 g/mol. The molecular weight excluding hydrogens is 234 g/mol. The van der Waals surface area contributed by atoms with Crippen molar-refractivity contribution < 1.29 is 18.3 Å². The molecule has 0 aromatic carbocycles. The summed E-state index contributed by atoms with van der Waals surface area (Å²) in [5.41, 5.74) is 5.40. The zero-order valence-electron chi connectivity index (χ0n) is 8.90. The molecule has 8 heteroatoms. The number of carbonyl (C=O) groups is 1. The fourth-order valence-electron chi connectivity index (χ4n) is 0.955. The van der Waals surface area contributed by atoms with E-state index in [1.165, 1.54) is 12.4 Å². The SMILES string of the molecule is Nc1cnc(C(=O)NCCOCC(F)F)cn1. The van der Waals surface area contributed by atoms with E-state index in [9.17, 15) is 13.6 Å². The molecule has 1 aromatic heterocycles. The number of nitrogens with one attached hydrogen (secondary N) is 1. The van der Waals surface area contributed by atoms with Crippen LogP contribution < -0.4 is 11.1 Å². The van der Waals surface area contributed by atoms with E-state index in [4.69, 9.17) is 5.73 Å². The number of hydrogen-bond donors (Lipinski definition) is 2. The van der Waals surface area contributed by atoms with Gasteiger partial charge in [-0.05, 0) is 0 Å². The average molecular weight is 246 g/mol. The third kappa shape index (κ3) is 5.16. The number of rotatable bonds is 6. The molecule has 0 saturated carbocycles. The van der Waals surface area contributed by atoms with Crippen LogP contribution in [-0.4, -0.2) is 42.1 Å². The molecule has 0 aliphatic carbocycles. The summed E-state index contributed by atoms with van der Waals surface area (Å²) in [5, 5.41) is 2.44. The maximum absolute atomic E-state index is 11.7. The zero-order valence-corrected chi connectivity index (χ0v) is 8.90. The van der Waals surface area contributed by atoms with Crippen LogP contribution >= 0.6 is 0 Å². The molecule has 0 aliphatic heterocycles. The average Bonchev–Trinajstić information content (AvgIpc) is 2.29. The van der Waals surface area contributed by atoms with Crippen LogP contribution in [0.5, 0.6) is 0 Å². The first-order valence-corrected chi connectivity index (χ1v) is 4.81. The minimum atomic E-state index is -2.51. The molecule has 0 unspecified atom stereocenters. The Hall–Kier alpha value is -1.83. The molecule has 94 valence electrons. The number of anilines is 1. The molecule has 0 aliphatic rings. The van der Waals surface area contributed by atoms with Crippen molar-refractivity contribution in [2.24, 2.45) is 0 Å². The lowest BCUT2D eigenvalue weighted by molar-refractivity contribution is 0.0188. The predicted octanol–water partition coefficient (Wildman–Crippen LogP) is 0.0703. The molecule has 17 heavy (non-hydrogen) atoms. The van der Waals surface area contributed by atoms with Gasteiger partial charge < -0.3 is 15.8 Å². The van der Waals surface area contributed by atoms with Crippen LogP contribution in [0.15, 0.2) is 12.4 Å². The molecule has 1 rings (SSSR count). The van der Waals surface area contributed by atoms with E-state index in [0.717, 1.165) is 0 Å². The number of aromatic nitrogens is 2. The summed E-state index contributed by atoms with van der Waals surface area (Å²) in [6, 6.07) is 0. The standard InChI is InChI=1S/C9H12F2N4O2/c10-7(11)5-17-2-1-13-9(16)6-3-15-8(12)4-14-6/h3-4,7H,1-2,5H2,(H2,12,15)(H,13,16). The van der Waals surface area contributed by atoms with Gasteiger partial charge in [0.15, 0.2) is 0 Å². The third-order valence-corrected chi connectivity index (χ3v) is 1.68. The van der Waals surface area contributed by atoms with Crippen LogP contribution in [-0.2, 0) is 4.74 Å². The number of nitrogens with zero attached hydrogens (tertiary/aromatic N) is 2. The first-order chi connectivity index (χ1) is 8.09. The summed E-state index contributed by atoms with van der Waals surface area (Å²) >= 11 is 0. The van der Waals surface area contributed by atoms with Crippen LogP contribution in [0.1, 0.15) is 10.5 Å². The number of nitrogen functional groups attached to an aromatic ring is 1. The number of ether oxygens (including phenoxy) is 1. The van der Waals surface area contributed by atoms with Gasteiger partial charge in [0.2, 0.25) is 0 Å². The van der Waals surface area contributed by atoms with Crippen molar-refractivity contribution in [2.45, 2.75) is 6.43 Å². The van der Waals surface area contributed by atoms with Crippen molar-refractivity contribution in [3.63, 3.8) is 0 Å². The van der Waals surface area contributed by atoms with Gasteiger partial charge in [-0.2, -0.15) is 0 Å². The summed E-state index contributed by atoms with van der Waals surface area (Å²) in [4.78, 5) is 18.8. The zero-order chi connectivity index (χ0) is 12.7. The Morgan fingerprint density at radius 2 is 2.24 bits per heavy atom. The second kappa shape index (κ2) is 6.69. The number of hydrogen-bond acceptors (Lipinski definition) is 5. The second-order valence-electron chi connectivity index (χ2n) is 3.05. The van der Waals surface area contributed by atoms with Crippen molar-refractivity contribution >= 4 is 11.7 Å². The smallest absolute Gasteiger partial charge is 0.271 e. The van der Waals surface area contributed by atoms with Crippen LogP contribution in [0, 0.1) is 0 Å². The van der Waals surface area contributed by atoms with Crippen molar-refractivity contribution in [1.29, 1.82) is 0 Å². The molecule has 1 amide bonds. The van der Waals surface area contributed by atoms with Gasteiger partial charge >= 0.3 is 0 Å². The summed E-state index contributed by atoms with van der Waals surface area (Å²) in [7, 11) is 0. The van der Waals surface area contributed by atoms with Gasteiger partial charge in [0.1, 0.15) is 18.1 Å². The quantitative estimate of drug-likeness (QED) is 0.693. The Morgan fingerprint density at radius 1 is 1.47 bits per heavy atom. The molecule has 0 atom stereocenters. The topological polar surface area (TPSA) is 90.1 Å². The summed E-state index contributed by atoms with van der Waals surface area (Å²) in [6.45, 7) is -0.506. The van der Waals surface area contributed by atoms with Crippen LogP contribution in [0.4, 0.5) is 14.6 Å². The van der Waals surface area contributed by atoms with E-state index in [2.05, 4.69) is 20.0 Å². The van der Waals surface area contributed by atoms with Crippen molar-refractivity contribution in [1.82, 2.24) is 15.3 Å². The van der Waals surface area contributed by atoms with Gasteiger partial charge in [0.05, 0.1) is 19.0 Å². The molecule has 0 radical (unpaired) electrons. The largest absolute Gasteiger partial charge is 0.382 e. The molecule has 6 nitrogen and oxygen atoms in total. The Morgan fingerprint density at radius 3 is 2.82 bits per heavy atom. The number of nitrogens with two attached hydrogens (primary N) is 1. The van der Waals surface area contributed by atoms with E-state index < -0.39 is 18.9 Å². The van der Waals surface area contributed by atoms with E-state index in [1.54, 1.807) is 0 Å². The second-order valence-corrected chi connectivity index (χ2v) is 3.05. The minimum Gasteiger partial charge on any atom is -0.382 e. The van der Waals surface area contributed by atoms with Gasteiger partial charge in [0.25, 0.3) is 12.3 Å². The molecule has 1 aromatic rings. The Kier molecular flexibility index (Phi) is 5.21. The molecular formula is C9H12F2N4O2. The highest BCUT2D eigenvalue weighted by atomic mass is 19.3. The van der Waals surface area contributed by atoms with Gasteiger partial charge in [0, 0.05) is 6.54 Å². The Labute approximate surface area is 96.2 Å². The fourth-order valence-corrected chi connectivity index (χ4v) is 0.955. The van der Waals surface area contributed by atoms with Gasteiger partial charge in [-0.3, -0.25) is 4.79 Å². The van der Waals surface area contributed by atoms with E-state index in [0.29, 0.717) is 0 Å². The van der Waals surface area contributed by atoms with Crippen LogP contribution in [0.25, 0.3) is 0 Å². The Balaban J connectivity index is 2.23. The summed E-state index contributed by atoms with van der Waals surface area (Å²) in [5.74, 6) is -0.250. The fraction of sp³-hybridized carbons (Fsp3) is 0.444. The van der Waals surface area contributed by atoms with Gasteiger partial charge in [-0.1, -0.05) is 0 Å². The highest BCUT2D eigenvalue weighted by molar-refractivity contribution is 5.91. The molecule has 0 spiro atoms. The van der Waals surface area contributed by atoms with Crippen LogP contribution in [0.3, 0.4) is 0 Å². The van der Waals surface area contributed by atoms with Crippen molar-refractivity contribution in [3.05, 3.63) is 18.1 Å². The number of halogens is 2. The van der Waals surface area contributed by atoms with E-state index in [-0.39, 0.29) is 24.7 Å². The van der Waals surface area contributed by atoms with E-state index in [1.807, 2.05) is 0 Å². The van der Waals surface area contributed by atoms with Crippen molar-refractivity contribution in [3.8, 4) is 0 Å². The van der Waals surface area contributed by atoms with Gasteiger partial charge in [-0.15, -0.1) is 0 Å². The molecule has 0 saturated heterocycles. The molecule has 3 N–H and O–H groups in total. The maximum Gasteiger partial charge on any atom is 0.271 e. The Bertz CT molecular complexity index is 359. The number of amides is 1.